The number of carboxylic acids is 1. The molecule has 0 fully saturated rings. The number of hydrogen-bond acceptors (Lipinski definition) is 4. The summed E-state index contributed by atoms with van der Waals surface area (Å²) in [6, 6.07) is 1.93. The predicted molar refractivity (Wildman–Crippen MR) is 77.9 cm³/mol. The molecule has 4 nitrogen and oxygen atoms in total. The Balaban J connectivity index is 2.58. The van der Waals surface area contributed by atoms with Gasteiger partial charge in [-0.2, -0.15) is 0 Å². The molecule has 0 aliphatic rings. The molecule has 0 aromatic carbocycles. The van der Waals surface area contributed by atoms with Crippen LogP contribution in [-0.2, 0) is 5.41 Å². The molecule has 102 valence electrons. The topological polar surface area (TPSA) is 63.3 Å². The summed E-state index contributed by atoms with van der Waals surface area (Å²) in [4.78, 5) is 16.4. The second kappa shape index (κ2) is 4.76. The van der Waals surface area contributed by atoms with Gasteiger partial charge in [0.05, 0.1) is 8.66 Å². The van der Waals surface area contributed by atoms with E-state index in [9.17, 15) is 9.90 Å². The number of aromatic carboxylic acids is 1. The summed E-state index contributed by atoms with van der Waals surface area (Å²) in [6.45, 7) is 7.71. The Kier molecular flexibility index (Phi) is 3.57. The zero-order valence-electron chi connectivity index (χ0n) is 11.1. The van der Waals surface area contributed by atoms with E-state index in [1.165, 1.54) is 11.3 Å². The van der Waals surface area contributed by atoms with Crippen molar-refractivity contribution in [1.82, 2.24) is 4.98 Å². The molecule has 0 atom stereocenters. The van der Waals surface area contributed by atoms with Crippen LogP contribution in [0.4, 0.5) is 0 Å². The lowest BCUT2D eigenvalue weighted by molar-refractivity contribution is 0.0659. The van der Waals surface area contributed by atoms with E-state index in [0.29, 0.717) is 11.6 Å². The van der Waals surface area contributed by atoms with Crippen molar-refractivity contribution in [3.8, 4) is 10.8 Å². The van der Waals surface area contributed by atoms with Gasteiger partial charge in [-0.05, 0) is 34.5 Å². The number of hydrogen-bond donors (Lipinski definition) is 1. The van der Waals surface area contributed by atoms with Gasteiger partial charge in [0, 0.05) is 5.41 Å². The monoisotopic (exact) mass is 343 g/mol. The number of aromatic nitrogens is 1. The fraction of sp³-hybridized carbons (Fsp3) is 0.385. The highest BCUT2D eigenvalue weighted by Gasteiger charge is 2.29. The van der Waals surface area contributed by atoms with Crippen LogP contribution in [0.5, 0.6) is 0 Å². The van der Waals surface area contributed by atoms with Crippen LogP contribution < -0.4 is 0 Å². The Hall–Kier alpha value is -1.14. The first-order valence-corrected chi connectivity index (χ1v) is 7.32. The maximum atomic E-state index is 11.2. The number of rotatable bonds is 2. The summed E-state index contributed by atoms with van der Waals surface area (Å²) < 4.78 is 6.43. The number of nitrogens with zero attached hydrogens (tertiary/aromatic N) is 1. The molecule has 0 spiro atoms. The summed E-state index contributed by atoms with van der Waals surface area (Å²) >= 11 is 4.92. The molecule has 0 aliphatic carbocycles. The van der Waals surface area contributed by atoms with Gasteiger partial charge in [0.15, 0.2) is 0 Å². The predicted octanol–water partition coefficient (Wildman–Crippen LogP) is 4.47. The minimum atomic E-state index is -1.09. The van der Waals surface area contributed by atoms with Crippen LogP contribution in [0.3, 0.4) is 0 Å². The SMILES string of the molecule is Cc1cc(-c2nc(C(C)(C)C)c(C(=O)O)o2)sc1Br. The molecular weight excluding hydrogens is 330 g/mol. The van der Waals surface area contributed by atoms with E-state index in [2.05, 4.69) is 20.9 Å². The number of oxazole rings is 1. The molecule has 2 aromatic heterocycles. The molecule has 19 heavy (non-hydrogen) atoms. The third kappa shape index (κ3) is 2.74. The fourth-order valence-corrected chi connectivity index (χ4v) is 3.10. The van der Waals surface area contributed by atoms with Gasteiger partial charge in [0.1, 0.15) is 5.69 Å². The lowest BCUT2D eigenvalue weighted by Gasteiger charge is -2.14. The minimum absolute atomic E-state index is 0.0790. The Morgan fingerprint density at radius 3 is 2.47 bits per heavy atom. The van der Waals surface area contributed by atoms with Crippen LogP contribution in [0.25, 0.3) is 10.8 Å². The van der Waals surface area contributed by atoms with Gasteiger partial charge in [-0.25, -0.2) is 9.78 Å². The van der Waals surface area contributed by atoms with Crippen molar-refractivity contribution in [2.24, 2.45) is 0 Å². The van der Waals surface area contributed by atoms with Crippen LogP contribution in [-0.4, -0.2) is 16.1 Å². The van der Waals surface area contributed by atoms with E-state index >= 15 is 0 Å². The van der Waals surface area contributed by atoms with Crippen LogP contribution in [0.15, 0.2) is 14.3 Å². The van der Waals surface area contributed by atoms with E-state index in [0.717, 1.165) is 14.2 Å². The van der Waals surface area contributed by atoms with Crippen molar-refractivity contribution in [3.63, 3.8) is 0 Å². The van der Waals surface area contributed by atoms with E-state index in [4.69, 9.17) is 4.42 Å². The molecule has 6 heteroatoms. The summed E-state index contributed by atoms with van der Waals surface area (Å²) in [6.07, 6.45) is 0. The van der Waals surface area contributed by atoms with Crippen molar-refractivity contribution >= 4 is 33.2 Å². The molecule has 0 saturated heterocycles. The number of aryl methyl sites for hydroxylation is 1. The van der Waals surface area contributed by atoms with Crippen molar-refractivity contribution in [3.05, 3.63) is 26.9 Å². The van der Waals surface area contributed by atoms with Crippen molar-refractivity contribution < 1.29 is 14.3 Å². The van der Waals surface area contributed by atoms with Gasteiger partial charge in [-0.3, -0.25) is 0 Å². The largest absolute Gasteiger partial charge is 0.475 e. The standard InChI is InChI=1S/C13H14BrNO3S/c1-6-5-7(19-10(6)14)11-15-9(13(2,3)4)8(18-11)12(16)17/h5H,1-4H3,(H,16,17). The molecule has 2 heterocycles. The summed E-state index contributed by atoms with van der Waals surface area (Å²) in [5.74, 6) is -0.804. The maximum Gasteiger partial charge on any atom is 0.373 e. The van der Waals surface area contributed by atoms with Gasteiger partial charge in [0.2, 0.25) is 11.7 Å². The number of halogens is 1. The van der Waals surface area contributed by atoms with Crippen LogP contribution in [0.2, 0.25) is 0 Å². The lowest BCUT2D eigenvalue weighted by atomic mass is 9.91. The van der Waals surface area contributed by atoms with Gasteiger partial charge >= 0.3 is 5.97 Å². The smallest absolute Gasteiger partial charge is 0.373 e. The van der Waals surface area contributed by atoms with Gasteiger partial charge in [0.25, 0.3) is 0 Å². The second-order valence-corrected chi connectivity index (χ2v) is 7.69. The molecule has 0 bridgehead atoms. The highest BCUT2D eigenvalue weighted by Crippen LogP contribution is 2.37. The summed E-state index contributed by atoms with van der Waals surface area (Å²) in [5, 5.41) is 9.21. The van der Waals surface area contributed by atoms with Gasteiger partial charge in [-0.15, -0.1) is 11.3 Å². The van der Waals surface area contributed by atoms with Crippen LogP contribution in [0, 0.1) is 6.92 Å². The molecular formula is C13H14BrNO3S. The zero-order chi connectivity index (χ0) is 14.4. The summed E-state index contributed by atoms with van der Waals surface area (Å²) in [7, 11) is 0. The molecule has 2 rings (SSSR count). The molecule has 0 aliphatic heterocycles. The molecule has 0 radical (unpaired) electrons. The molecule has 0 amide bonds. The highest BCUT2D eigenvalue weighted by molar-refractivity contribution is 9.11. The van der Waals surface area contributed by atoms with Crippen molar-refractivity contribution in [1.29, 1.82) is 0 Å². The third-order valence-electron chi connectivity index (χ3n) is 2.60. The van der Waals surface area contributed by atoms with E-state index in [-0.39, 0.29) is 11.2 Å². The Labute approximate surface area is 123 Å². The molecule has 0 unspecified atom stereocenters. The first-order valence-electron chi connectivity index (χ1n) is 5.71. The Morgan fingerprint density at radius 2 is 2.11 bits per heavy atom. The zero-order valence-corrected chi connectivity index (χ0v) is 13.5. The Morgan fingerprint density at radius 1 is 1.47 bits per heavy atom. The number of carboxylic acid groups (broad SMARTS) is 1. The first-order chi connectivity index (χ1) is 8.70. The average molecular weight is 344 g/mol. The summed E-state index contributed by atoms with van der Waals surface area (Å²) in [5.41, 5.74) is 1.17. The number of thiophene rings is 1. The highest BCUT2D eigenvalue weighted by atomic mass is 79.9. The molecule has 1 N–H and O–H groups in total. The van der Waals surface area contributed by atoms with E-state index < -0.39 is 5.97 Å². The fourth-order valence-electron chi connectivity index (χ4n) is 1.64. The third-order valence-corrected chi connectivity index (χ3v) is 4.72. The van der Waals surface area contributed by atoms with E-state index in [1.54, 1.807) is 0 Å². The Bertz CT molecular complexity index is 617. The number of carbonyl (C=O) groups is 1. The average Bonchev–Trinajstić information content (AvgIpc) is 2.82. The van der Waals surface area contributed by atoms with Crippen molar-refractivity contribution in [2.45, 2.75) is 33.1 Å². The minimum Gasteiger partial charge on any atom is -0.475 e. The van der Waals surface area contributed by atoms with Crippen molar-refractivity contribution in [2.75, 3.05) is 0 Å². The van der Waals surface area contributed by atoms with E-state index in [1.807, 2.05) is 33.8 Å². The van der Waals surface area contributed by atoms with Gasteiger partial charge in [-0.1, -0.05) is 20.8 Å². The van der Waals surface area contributed by atoms with Crippen LogP contribution in [0.1, 0.15) is 42.6 Å². The second-order valence-electron chi connectivity index (χ2n) is 5.32. The maximum absolute atomic E-state index is 11.2. The molecule has 2 aromatic rings. The quantitative estimate of drug-likeness (QED) is 0.873. The lowest BCUT2D eigenvalue weighted by Crippen LogP contribution is -2.16. The van der Waals surface area contributed by atoms with Gasteiger partial charge < -0.3 is 9.52 Å². The first kappa shape index (κ1) is 14.3. The normalized spacial score (nSPS) is 11.8. The molecule has 0 saturated carbocycles. The van der Waals surface area contributed by atoms with Crippen LogP contribution >= 0.6 is 27.3 Å².